The van der Waals surface area contributed by atoms with Crippen LogP contribution in [-0.2, 0) is 5.75 Å². The molecule has 20 heavy (non-hydrogen) atoms. The Morgan fingerprint density at radius 1 is 1.45 bits per heavy atom. The molecule has 0 fully saturated rings. The second kappa shape index (κ2) is 4.89. The predicted octanol–water partition coefficient (Wildman–Crippen LogP) is 2.12. The number of thioether (sulfide) groups is 1. The van der Waals surface area contributed by atoms with Gasteiger partial charge >= 0.3 is 5.97 Å². The highest BCUT2D eigenvalue weighted by molar-refractivity contribution is 7.98. The monoisotopic (exact) mass is 290 g/mol. The molecule has 2 aromatic heterocycles. The molecule has 0 saturated carbocycles. The fourth-order valence-corrected chi connectivity index (χ4v) is 2.62. The molecule has 0 unspecified atom stereocenters. The van der Waals surface area contributed by atoms with Crippen molar-refractivity contribution in [3.63, 3.8) is 0 Å². The van der Waals surface area contributed by atoms with E-state index in [0.29, 0.717) is 27.6 Å². The summed E-state index contributed by atoms with van der Waals surface area (Å²) in [6.45, 7) is 0. The minimum Gasteiger partial charge on any atom is -0.478 e. The molecule has 3 rings (SSSR count). The number of fused-ring (bicyclic) bond motifs is 1. The molecule has 0 atom stereocenters. The zero-order valence-electron chi connectivity index (χ0n) is 10.2. The molecule has 7 nitrogen and oxygen atoms in total. The largest absolute Gasteiger partial charge is 0.478 e. The van der Waals surface area contributed by atoms with Crippen LogP contribution in [0, 0.1) is 0 Å². The van der Waals surface area contributed by atoms with Crippen molar-refractivity contribution in [3.05, 3.63) is 35.6 Å². The summed E-state index contributed by atoms with van der Waals surface area (Å²) in [6.07, 6.45) is 0. The van der Waals surface area contributed by atoms with Crippen LogP contribution >= 0.6 is 11.8 Å². The molecule has 2 heterocycles. The number of rotatable bonds is 4. The van der Waals surface area contributed by atoms with Gasteiger partial charge in [0.25, 0.3) is 0 Å². The third kappa shape index (κ3) is 2.21. The van der Waals surface area contributed by atoms with E-state index in [2.05, 4.69) is 15.2 Å². The van der Waals surface area contributed by atoms with Gasteiger partial charge < -0.3 is 15.3 Å². The van der Waals surface area contributed by atoms with Crippen molar-refractivity contribution in [1.29, 1.82) is 0 Å². The Kier molecular flexibility index (Phi) is 3.07. The lowest BCUT2D eigenvalue weighted by atomic mass is 10.1. The van der Waals surface area contributed by atoms with Crippen molar-refractivity contribution < 1.29 is 14.3 Å². The van der Waals surface area contributed by atoms with E-state index in [1.54, 1.807) is 24.3 Å². The molecule has 8 heteroatoms. The summed E-state index contributed by atoms with van der Waals surface area (Å²) in [4.78, 5) is 15.3. The molecule has 3 aromatic rings. The van der Waals surface area contributed by atoms with Crippen LogP contribution in [0.2, 0.25) is 0 Å². The lowest BCUT2D eigenvalue weighted by Gasteiger charge is -1.96. The first-order valence-corrected chi connectivity index (χ1v) is 6.68. The molecule has 0 aliphatic heterocycles. The van der Waals surface area contributed by atoms with Crippen LogP contribution in [0.15, 0.2) is 33.8 Å². The predicted molar refractivity (Wildman–Crippen MR) is 73.5 cm³/mol. The van der Waals surface area contributed by atoms with E-state index in [0.717, 1.165) is 0 Å². The highest BCUT2D eigenvalue weighted by Crippen LogP contribution is 2.30. The summed E-state index contributed by atoms with van der Waals surface area (Å²) >= 11 is 1.25. The van der Waals surface area contributed by atoms with Gasteiger partial charge in [-0.25, -0.2) is 9.89 Å². The maximum Gasteiger partial charge on any atom is 0.339 e. The van der Waals surface area contributed by atoms with E-state index in [4.69, 9.17) is 10.2 Å². The molecule has 0 bridgehead atoms. The number of benzene rings is 1. The molecule has 102 valence electrons. The van der Waals surface area contributed by atoms with Gasteiger partial charge in [-0.2, -0.15) is 4.98 Å². The highest BCUT2D eigenvalue weighted by Gasteiger charge is 2.20. The number of carboxylic acid groups (broad SMARTS) is 1. The van der Waals surface area contributed by atoms with Crippen molar-refractivity contribution in [1.82, 2.24) is 15.2 Å². The van der Waals surface area contributed by atoms with Crippen molar-refractivity contribution in [3.8, 4) is 0 Å². The van der Waals surface area contributed by atoms with Crippen LogP contribution in [-0.4, -0.2) is 26.3 Å². The Hall–Kier alpha value is -2.48. The highest BCUT2D eigenvalue weighted by atomic mass is 32.2. The number of furan rings is 1. The summed E-state index contributed by atoms with van der Waals surface area (Å²) in [6, 6.07) is 7.03. The number of aromatic amines is 1. The van der Waals surface area contributed by atoms with E-state index < -0.39 is 5.97 Å². The fourth-order valence-electron chi connectivity index (χ4n) is 1.89. The van der Waals surface area contributed by atoms with Crippen LogP contribution in [0.3, 0.4) is 0 Å². The van der Waals surface area contributed by atoms with Crippen LogP contribution in [0.1, 0.15) is 16.1 Å². The lowest BCUT2D eigenvalue weighted by Crippen LogP contribution is -1.98. The topological polar surface area (TPSA) is 118 Å². The first kappa shape index (κ1) is 12.5. The minimum absolute atomic E-state index is 0.177. The van der Waals surface area contributed by atoms with Crippen LogP contribution in [0.5, 0.6) is 0 Å². The molecule has 0 aliphatic rings. The summed E-state index contributed by atoms with van der Waals surface area (Å²) in [5, 5.41) is 16.7. The van der Waals surface area contributed by atoms with Gasteiger partial charge in [0.2, 0.25) is 11.1 Å². The summed E-state index contributed by atoms with van der Waals surface area (Å²) in [5.74, 6) is -0.101. The van der Waals surface area contributed by atoms with Gasteiger partial charge in [-0.05, 0) is 6.07 Å². The second-order valence-corrected chi connectivity index (χ2v) is 4.94. The number of hydrogen-bond acceptors (Lipinski definition) is 6. The average molecular weight is 290 g/mol. The van der Waals surface area contributed by atoms with E-state index in [9.17, 15) is 9.90 Å². The Balaban J connectivity index is 1.94. The van der Waals surface area contributed by atoms with E-state index in [1.807, 2.05) is 0 Å². The molecule has 0 amide bonds. The second-order valence-electron chi connectivity index (χ2n) is 3.99. The molecule has 0 spiro atoms. The van der Waals surface area contributed by atoms with E-state index >= 15 is 0 Å². The number of carbonyl (C=O) groups is 1. The molecule has 4 N–H and O–H groups in total. The standard InChI is InChI=1S/C12H10N4O3S/c13-11-14-12(16-15-11)20-5-8-9(10(17)18)6-3-1-2-4-7(6)19-8/h1-4H,5H2,(H,17,18)(H3,13,14,15,16). The lowest BCUT2D eigenvalue weighted by molar-refractivity contribution is 0.0697. The van der Waals surface area contributed by atoms with Gasteiger partial charge in [-0.15, -0.1) is 5.10 Å². The number of anilines is 1. The number of nitrogens with one attached hydrogen (secondary N) is 1. The van der Waals surface area contributed by atoms with Crippen LogP contribution in [0.4, 0.5) is 5.95 Å². The van der Waals surface area contributed by atoms with Crippen LogP contribution in [0.25, 0.3) is 11.0 Å². The van der Waals surface area contributed by atoms with Gasteiger partial charge in [0, 0.05) is 5.39 Å². The molecular formula is C12H10N4O3S. The fraction of sp³-hybridized carbons (Fsp3) is 0.0833. The zero-order valence-corrected chi connectivity index (χ0v) is 11.0. The summed E-state index contributed by atoms with van der Waals surface area (Å²) in [5.41, 5.74) is 6.16. The number of hydrogen-bond donors (Lipinski definition) is 3. The third-order valence-corrected chi connectivity index (χ3v) is 3.54. The minimum atomic E-state index is -1.01. The van der Waals surface area contributed by atoms with Gasteiger partial charge in [0.05, 0.1) is 5.75 Å². The molecular weight excluding hydrogens is 280 g/mol. The van der Waals surface area contributed by atoms with Crippen LogP contribution < -0.4 is 5.73 Å². The Morgan fingerprint density at radius 3 is 2.95 bits per heavy atom. The summed E-state index contributed by atoms with van der Waals surface area (Å²) < 4.78 is 5.59. The normalized spacial score (nSPS) is 11.0. The average Bonchev–Trinajstić information content (AvgIpc) is 2.99. The number of nitrogens with zero attached hydrogens (tertiary/aromatic N) is 2. The zero-order chi connectivity index (χ0) is 14.1. The number of nitrogens with two attached hydrogens (primary N) is 1. The third-order valence-electron chi connectivity index (χ3n) is 2.70. The number of para-hydroxylation sites is 1. The molecule has 0 saturated heterocycles. The smallest absolute Gasteiger partial charge is 0.339 e. The van der Waals surface area contributed by atoms with E-state index in [-0.39, 0.29) is 11.5 Å². The van der Waals surface area contributed by atoms with Crippen molar-refractivity contribution >= 4 is 34.6 Å². The Bertz CT molecular complexity index is 780. The quantitative estimate of drug-likeness (QED) is 0.630. The molecule has 0 radical (unpaired) electrons. The van der Waals surface area contributed by atoms with Crippen molar-refractivity contribution in [2.24, 2.45) is 0 Å². The summed E-state index contributed by atoms with van der Waals surface area (Å²) in [7, 11) is 0. The van der Waals surface area contributed by atoms with Gasteiger partial charge in [0.1, 0.15) is 16.9 Å². The Morgan fingerprint density at radius 2 is 2.25 bits per heavy atom. The first-order chi connectivity index (χ1) is 9.65. The maximum atomic E-state index is 11.4. The first-order valence-electron chi connectivity index (χ1n) is 5.69. The van der Waals surface area contributed by atoms with Crippen molar-refractivity contribution in [2.75, 3.05) is 5.73 Å². The number of nitrogen functional groups attached to an aromatic ring is 1. The Labute approximate surface area is 117 Å². The number of H-pyrrole nitrogens is 1. The van der Waals surface area contributed by atoms with Gasteiger partial charge in [-0.1, -0.05) is 30.0 Å². The number of carboxylic acids is 1. The molecule has 1 aromatic carbocycles. The molecule has 0 aliphatic carbocycles. The number of aromatic carboxylic acids is 1. The maximum absolute atomic E-state index is 11.4. The van der Waals surface area contributed by atoms with Gasteiger partial charge in [0.15, 0.2) is 0 Å². The van der Waals surface area contributed by atoms with E-state index in [1.165, 1.54) is 11.8 Å². The SMILES string of the molecule is Nc1nc(SCc2oc3ccccc3c2C(=O)O)n[nH]1. The van der Waals surface area contributed by atoms with Crippen molar-refractivity contribution in [2.45, 2.75) is 10.9 Å². The van der Waals surface area contributed by atoms with Gasteiger partial charge in [-0.3, -0.25) is 0 Å². The number of aromatic nitrogens is 3.